The van der Waals surface area contributed by atoms with E-state index < -0.39 is 0 Å². The van der Waals surface area contributed by atoms with Crippen LogP contribution in [0.5, 0.6) is 0 Å². The first-order valence-electron chi connectivity index (χ1n) is 10.1. The topological polar surface area (TPSA) is 12.9 Å². The van der Waals surface area contributed by atoms with Gasteiger partial charge >= 0.3 is 0 Å². The van der Waals surface area contributed by atoms with Crippen LogP contribution in [-0.4, -0.2) is 4.98 Å². The first-order valence-corrected chi connectivity index (χ1v) is 10.1. The highest BCUT2D eigenvalue weighted by atomic mass is 14.7. The van der Waals surface area contributed by atoms with Crippen LogP contribution in [0.4, 0.5) is 0 Å². The Balaban J connectivity index is 1.57. The molecule has 4 aliphatic rings. The van der Waals surface area contributed by atoms with Crippen LogP contribution in [0.3, 0.4) is 0 Å². The summed E-state index contributed by atoms with van der Waals surface area (Å²) in [6.45, 7) is 0. The maximum atomic E-state index is 5.03. The van der Waals surface area contributed by atoms with Crippen molar-refractivity contribution in [2.45, 2.75) is 25.7 Å². The number of rotatable bonds is 2. The van der Waals surface area contributed by atoms with Gasteiger partial charge in [-0.2, -0.15) is 0 Å². The predicted octanol–water partition coefficient (Wildman–Crippen LogP) is 6.30. The van der Waals surface area contributed by atoms with Crippen LogP contribution in [0.2, 0.25) is 0 Å². The Morgan fingerprint density at radius 1 is 0.500 bits per heavy atom. The maximum absolute atomic E-state index is 5.03. The highest BCUT2D eigenvalue weighted by Gasteiger charge is 2.11. The van der Waals surface area contributed by atoms with Crippen molar-refractivity contribution in [1.82, 2.24) is 4.98 Å². The van der Waals surface area contributed by atoms with Crippen molar-refractivity contribution in [1.29, 1.82) is 0 Å². The zero-order chi connectivity index (χ0) is 18.8. The fourth-order valence-electron chi connectivity index (χ4n) is 4.03. The van der Waals surface area contributed by atoms with Crippen molar-refractivity contribution in [2.75, 3.05) is 0 Å². The molecule has 4 aliphatic carbocycles. The van der Waals surface area contributed by atoms with Gasteiger partial charge in [0.05, 0.1) is 11.4 Å². The van der Waals surface area contributed by atoms with E-state index in [4.69, 9.17) is 4.98 Å². The Morgan fingerprint density at radius 2 is 1.14 bits per heavy atom. The minimum Gasteiger partial charge on any atom is -0.248 e. The zero-order valence-electron chi connectivity index (χ0n) is 15.9. The van der Waals surface area contributed by atoms with E-state index in [1.54, 1.807) is 0 Å². The molecule has 1 heterocycles. The van der Waals surface area contributed by atoms with Gasteiger partial charge in [0.1, 0.15) is 0 Å². The highest BCUT2D eigenvalue weighted by Crippen LogP contribution is 2.28. The van der Waals surface area contributed by atoms with Gasteiger partial charge in [0.25, 0.3) is 0 Å². The zero-order valence-corrected chi connectivity index (χ0v) is 15.9. The third-order valence-electron chi connectivity index (χ3n) is 5.68. The average molecular weight is 361 g/mol. The molecule has 0 spiro atoms. The molecule has 0 N–H and O–H groups in total. The summed E-state index contributed by atoms with van der Waals surface area (Å²) < 4.78 is 0. The van der Waals surface area contributed by atoms with Gasteiger partial charge in [-0.1, -0.05) is 72.8 Å². The molecule has 4 bridgehead atoms. The molecule has 0 saturated heterocycles. The smallest absolute Gasteiger partial charge is 0.0712 e. The summed E-state index contributed by atoms with van der Waals surface area (Å²) in [5.74, 6) is 0. The molecule has 0 atom stereocenters. The minimum atomic E-state index is 1.03. The minimum absolute atomic E-state index is 1.03. The summed E-state index contributed by atoms with van der Waals surface area (Å²) in [6.07, 6.45) is 4.23. The Labute approximate surface area is 166 Å². The van der Waals surface area contributed by atoms with Gasteiger partial charge in [-0.25, -0.2) is 4.98 Å². The number of hydrogen-bond acceptors (Lipinski definition) is 1. The van der Waals surface area contributed by atoms with Gasteiger partial charge < -0.3 is 0 Å². The Kier molecular flexibility index (Phi) is 4.50. The van der Waals surface area contributed by atoms with Crippen molar-refractivity contribution >= 4 is 0 Å². The highest BCUT2D eigenvalue weighted by molar-refractivity contribution is 5.69. The molecule has 3 aromatic carbocycles. The van der Waals surface area contributed by atoms with Gasteiger partial charge in [-0.15, -0.1) is 0 Å². The van der Waals surface area contributed by atoms with Crippen molar-refractivity contribution in [3.8, 4) is 22.5 Å². The Bertz CT molecular complexity index is 1090. The second kappa shape index (κ2) is 7.44. The van der Waals surface area contributed by atoms with Crippen LogP contribution < -0.4 is 0 Å². The number of nitrogens with zero attached hydrogens (tertiary/aromatic N) is 1. The van der Waals surface area contributed by atoms with Crippen LogP contribution in [0.1, 0.15) is 22.3 Å². The van der Waals surface area contributed by atoms with Gasteiger partial charge in [-0.05, 0) is 66.1 Å². The number of hydrogen-bond donors (Lipinski definition) is 0. The molecule has 136 valence electrons. The lowest BCUT2D eigenvalue weighted by atomic mass is 9.92. The molecule has 4 aromatic rings. The molecule has 0 saturated carbocycles. The van der Waals surface area contributed by atoms with Gasteiger partial charge in [0.15, 0.2) is 0 Å². The van der Waals surface area contributed by atoms with Crippen molar-refractivity contribution in [3.63, 3.8) is 0 Å². The lowest BCUT2D eigenvalue weighted by molar-refractivity contribution is 0.922. The summed E-state index contributed by atoms with van der Waals surface area (Å²) in [5.41, 5.74) is 10.1. The largest absolute Gasteiger partial charge is 0.248 e. The van der Waals surface area contributed by atoms with Crippen molar-refractivity contribution < 1.29 is 0 Å². The molecule has 1 heteroatoms. The average Bonchev–Trinajstić information content (AvgIpc) is 2.76. The fraction of sp³-hybridized carbons (Fsp3) is 0.148. The normalized spacial score (nSPS) is 13.1. The summed E-state index contributed by atoms with van der Waals surface area (Å²) >= 11 is 0. The lowest BCUT2D eigenvalue weighted by Gasteiger charge is -2.15. The molecule has 0 aliphatic heterocycles. The standard InChI is InChI=1S/C27H23N/c1-2-5-24(6-3-1)26-7-4-8-27(28-26)25-19-22-14-13-20-9-11-21(12-10-20)15-17-23(25)18-16-22/h1-12,16,18-19H,13-15,17H2. The van der Waals surface area contributed by atoms with Crippen LogP contribution >= 0.6 is 0 Å². The van der Waals surface area contributed by atoms with E-state index in [-0.39, 0.29) is 0 Å². The van der Waals surface area contributed by atoms with E-state index in [2.05, 4.69) is 84.9 Å². The van der Waals surface area contributed by atoms with Gasteiger partial charge in [0, 0.05) is 11.1 Å². The van der Waals surface area contributed by atoms with Crippen LogP contribution in [0, 0.1) is 0 Å². The number of aryl methyl sites for hydroxylation is 4. The van der Waals surface area contributed by atoms with Gasteiger partial charge in [0.2, 0.25) is 0 Å². The van der Waals surface area contributed by atoms with Crippen molar-refractivity contribution in [2.24, 2.45) is 0 Å². The SMILES string of the molecule is c1ccc(-c2cccc(-c3cc4ccc3CCc3ccc(cc3)CC4)n2)cc1. The molecule has 0 amide bonds. The molecular weight excluding hydrogens is 338 g/mol. The lowest BCUT2D eigenvalue weighted by Crippen LogP contribution is -2.01. The van der Waals surface area contributed by atoms with E-state index in [0.29, 0.717) is 0 Å². The second-order valence-electron chi connectivity index (χ2n) is 7.58. The molecule has 0 fully saturated rings. The molecule has 1 nitrogen and oxygen atoms in total. The molecule has 0 radical (unpaired) electrons. The third-order valence-corrected chi connectivity index (χ3v) is 5.68. The predicted molar refractivity (Wildman–Crippen MR) is 116 cm³/mol. The molecule has 0 unspecified atom stereocenters. The Hall–Kier alpha value is -3.19. The van der Waals surface area contributed by atoms with E-state index in [9.17, 15) is 0 Å². The summed E-state index contributed by atoms with van der Waals surface area (Å²) in [6, 6.07) is 32.9. The summed E-state index contributed by atoms with van der Waals surface area (Å²) in [5, 5.41) is 0. The maximum Gasteiger partial charge on any atom is 0.0712 e. The number of aromatic nitrogens is 1. The van der Waals surface area contributed by atoms with E-state index >= 15 is 0 Å². The van der Waals surface area contributed by atoms with Gasteiger partial charge in [-0.3, -0.25) is 0 Å². The first kappa shape index (κ1) is 16.9. The molecule has 1 aromatic heterocycles. The summed E-state index contributed by atoms with van der Waals surface area (Å²) in [7, 11) is 0. The quantitative estimate of drug-likeness (QED) is 0.408. The second-order valence-corrected chi connectivity index (χ2v) is 7.58. The van der Waals surface area contributed by atoms with E-state index in [1.807, 2.05) is 6.07 Å². The van der Waals surface area contributed by atoms with E-state index in [0.717, 1.165) is 42.6 Å². The third kappa shape index (κ3) is 3.48. The van der Waals surface area contributed by atoms with Crippen molar-refractivity contribution in [3.05, 3.63) is 113 Å². The molecule has 8 rings (SSSR count). The first-order chi connectivity index (χ1) is 13.8. The monoisotopic (exact) mass is 361 g/mol. The summed E-state index contributed by atoms with van der Waals surface area (Å²) in [4.78, 5) is 5.03. The Morgan fingerprint density at radius 3 is 1.93 bits per heavy atom. The fourth-order valence-corrected chi connectivity index (χ4v) is 4.03. The number of benzene rings is 3. The molecule has 28 heavy (non-hydrogen) atoms. The van der Waals surface area contributed by atoms with E-state index in [1.165, 1.54) is 27.8 Å². The van der Waals surface area contributed by atoms with Crippen LogP contribution in [0.15, 0.2) is 91.0 Å². The number of pyridine rings is 1. The van der Waals surface area contributed by atoms with Crippen LogP contribution in [0.25, 0.3) is 22.5 Å². The molecular formula is C27H23N. The van der Waals surface area contributed by atoms with Crippen LogP contribution in [-0.2, 0) is 25.7 Å².